The molecule has 0 fully saturated rings. The number of sulfone groups is 1. The van der Waals surface area contributed by atoms with Crippen molar-refractivity contribution in [1.82, 2.24) is 15.3 Å². The van der Waals surface area contributed by atoms with Gasteiger partial charge in [0.25, 0.3) is 5.56 Å². The highest BCUT2D eigenvalue weighted by atomic mass is 32.2. The summed E-state index contributed by atoms with van der Waals surface area (Å²) in [5, 5.41) is 2.04. The Morgan fingerprint density at radius 2 is 2.19 bits per heavy atom. The van der Waals surface area contributed by atoms with Gasteiger partial charge in [-0.05, 0) is 14.0 Å². The van der Waals surface area contributed by atoms with Crippen molar-refractivity contribution in [3.05, 3.63) is 27.9 Å². The molecule has 16 heavy (non-hydrogen) atoms. The summed E-state index contributed by atoms with van der Waals surface area (Å²) in [7, 11) is -1.53. The van der Waals surface area contributed by atoms with Gasteiger partial charge in [-0.1, -0.05) is 0 Å². The van der Waals surface area contributed by atoms with Crippen molar-refractivity contribution in [2.24, 2.45) is 0 Å². The zero-order valence-corrected chi connectivity index (χ0v) is 10.3. The minimum Gasteiger partial charge on any atom is -0.314 e. The van der Waals surface area contributed by atoms with Crippen LogP contribution in [0.25, 0.3) is 0 Å². The monoisotopic (exact) mass is 245 g/mol. The molecule has 0 aliphatic rings. The fourth-order valence-corrected chi connectivity index (χ4v) is 1.71. The number of nitrogens with zero attached hydrogens (tertiary/aromatic N) is 1. The fourth-order valence-electron chi connectivity index (χ4n) is 1.20. The molecule has 0 radical (unpaired) electrons. The molecule has 0 amide bonds. The van der Waals surface area contributed by atoms with E-state index in [0.717, 1.165) is 6.26 Å². The first-order chi connectivity index (χ1) is 7.34. The third kappa shape index (κ3) is 3.14. The zero-order chi connectivity index (χ0) is 12.3. The molecule has 0 saturated heterocycles. The van der Waals surface area contributed by atoms with Gasteiger partial charge < -0.3 is 10.3 Å². The van der Waals surface area contributed by atoms with Gasteiger partial charge in [-0.3, -0.25) is 4.79 Å². The minimum atomic E-state index is -3.26. The van der Waals surface area contributed by atoms with Crippen molar-refractivity contribution >= 4 is 9.84 Å². The van der Waals surface area contributed by atoms with Crippen LogP contribution in [0.3, 0.4) is 0 Å². The summed E-state index contributed by atoms with van der Waals surface area (Å²) in [6.07, 6.45) is 1.11. The van der Waals surface area contributed by atoms with Crippen molar-refractivity contribution in [3.63, 3.8) is 0 Å². The Bertz CT molecular complexity index is 521. The SMILES string of the molecule is CNCc1cc(=O)[nH]c(C(C)S(C)(=O)=O)n1. The Morgan fingerprint density at radius 3 is 2.69 bits per heavy atom. The molecule has 1 rings (SSSR count). The molecule has 0 aliphatic carbocycles. The zero-order valence-electron chi connectivity index (χ0n) is 9.44. The number of hydrogen-bond donors (Lipinski definition) is 2. The number of nitrogens with one attached hydrogen (secondary N) is 2. The second-order valence-electron chi connectivity index (χ2n) is 3.62. The van der Waals surface area contributed by atoms with E-state index in [-0.39, 0.29) is 11.4 Å². The molecule has 7 heteroatoms. The van der Waals surface area contributed by atoms with Crippen molar-refractivity contribution in [2.45, 2.75) is 18.7 Å². The topological polar surface area (TPSA) is 91.9 Å². The quantitative estimate of drug-likeness (QED) is 0.752. The number of H-pyrrole nitrogens is 1. The molecule has 0 aliphatic heterocycles. The Labute approximate surface area is 94.0 Å². The number of aromatic amines is 1. The summed E-state index contributed by atoms with van der Waals surface area (Å²) in [5.41, 5.74) is 0.183. The lowest BCUT2D eigenvalue weighted by Crippen LogP contribution is -2.20. The van der Waals surface area contributed by atoms with Gasteiger partial charge in [0.05, 0.1) is 5.69 Å². The van der Waals surface area contributed by atoms with Crippen molar-refractivity contribution in [2.75, 3.05) is 13.3 Å². The van der Waals surface area contributed by atoms with Crippen LogP contribution in [0, 0.1) is 0 Å². The summed E-state index contributed by atoms with van der Waals surface area (Å²) >= 11 is 0. The standard InChI is InChI=1S/C9H15N3O3S/c1-6(16(3,14)15)9-11-7(5-10-2)4-8(13)12-9/h4,6,10H,5H2,1-3H3,(H,11,12,13). The Hall–Kier alpha value is -1.21. The van der Waals surface area contributed by atoms with Gasteiger partial charge in [0.2, 0.25) is 0 Å². The van der Waals surface area contributed by atoms with Gasteiger partial charge in [-0.15, -0.1) is 0 Å². The molecular formula is C9H15N3O3S. The van der Waals surface area contributed by atoms with E-state index in [1.165, 1.54) is 13.0 Å². The summed E-state index contributed by atoms with van der Waals surface area (Å²) in [6, 6.07) is 1.34. The molecule has 1 aromatic heterocycles. The average molecular weight is 245 g/mol. The molecule has 0 bridgehead atoms. The lowest BCUT2D eigenvalue weighted by atomic mass is 10.3. The van der Waals surface area contributed by atoms with E-state index >= 15 is 0 Å². The van der Waals surface area contributed by atoms with Gasteiger partial charge in [-0.2, -0.15) is 0 Å². The molecule has 2 N–H and O–H groups in total. The highest BCUT2D eigenvalue weighted by Gasteiger charge is 2.20. The third-order valence-electron chi connectivity index (χ3n) is 2.20. The predicted molar refractivity (Wildman–Crippen MR) is 60.9 cm³/mol. The highest BCUT2D eigenvalue weighted by Crippen LogP contribution is 2.15. The maximum absolute atomic E-state index is 11.3. The van der Waals surface area contributed by atoms with E-state index in [4.69, 9.17) is 0 Å². The molecule has 1 atom stereocenters. The van der Waals surface area contributed by atoms with Crippen molar-refractivity contribution < 1.29 is 8.42 Å². The number of aromatic nitrogens is 2. The van der Waals surface area contributed by atoms with Crippen LogP contribution >= 0.6 is 0 Å². The lowest BCUT2D eigenvalue weighted by Gasteiger charge is -2.09. The second-order valence-corrected chi connectivity index (χ2v) is 5.99. The van der Waals surface area contributed by atoms with Gasteiger partial charge in [-0.25, -0.2) is 13.4 Å². The molecule has 6 nitrogen and oxygen atoms in total. The minimum absolute atomic E-state index is 0.181. The molecule has 0 saturated carbocycles. The molecule has 0 spiro atoms. The molecular weight excluding hydrogens is 230 g/mol. The van der Waals surface area contributed by atoms with Crippen LogP contribution in [-0.2, 0) is 16.4 Å². The van der Waals surface area contributed by atoms with Crippen LogP contribution in [0.15, 0.2) is 10.9 Å². The van der Waals surface area contributed by atoms with Gasteiger partial charge in [0.1, 0.15) is 11.1 Å². The Balaban J connectivity index is 3.20. The molecule has 1 aromatic rings. The highest BCUT2D eigenvalue weighted by molar-refractivity contribution is 7.90. The van der Waals surface area contributed by atoms with Gasteiger partial charge >= 0.3 is 0 Å². The van der Waals surface area contributed by atoms with Crippen LogP contribution in [-0.4, -0.2) is 31.7 Å². The van der Waals surface area contributed by atoms with Crippen LogP contribution < -0.4 is 10.9 Å². The normalized spacial score (nSPS) is 13.7. The average Bonchev–Trinajstić information content (AvgIpc) is 2.14. The Kier molecular flexibility index (Phi) is 3.82. The lowest BCUT2D eigenvalue weighted by molar-refractivity contribution is 0.588. The summed E-state index contributed by atoms with van der Waals surface area (Å²) < 4.78 is 22.7. The Morgan fingerprint density at radius 1 is 1.56 bits per heavy atom. The second kappa shape index (κ2) is 4.75. The first-order valence-corrected chi connectivity index (χ1v) is 6.73. The van der Waals surface area contributed by atoms with Crippen molar-refractivity contribution in [3.8, 4) is 0 Å². The first kappa shape index (κ1) is 12.9. The van der Waals surface area contributed by atoms with E-state index in [0.29, 0.717) is 12.2 Å². The van der Waals surface area contributed by atoms with Crippen LogP contribution in [0.4, 0.5) is 0 Å². The number of hydrogen-bond acceptors (Lipinski definition) is 5. The number of rotatable bonds is 4. The molecule has 0 aromatic carbocycles. The third-order valence-corrected chi connectivity index (χ3v) is 3.71. The maximum atomic E-state index is 11.3. The van der Waals surface area contributed by atoms with E-state index < -0.39 is 15.1 Å². The summed E-state index contributed by atoms with van der Waals surface area (Å²) in [5.74, 6) is 0.181. The largest absolute Gasteiger partial charge is 0.314 e. The van der Waals surface area contributed by atoms with Crippen molar-refractivity contribution in [1.29, 1.82) is 0 Å². The van der Waals surface area contributed by atoms with E-state index in [1.807, 2.05) is 0 Å². The summed E-state index contributed by atoms with van der Waals surface area (Å²) in [6.45, 7) is 1.92. The molecule has 1 heterocycles. The maximum Gasteiger partial charge on any atom is 0.251 e. The van der Waals surface area contributed by atoms with Gasteiger partial charge in [0, 0.05) is 18.9 Å². The van der Waals surface area contributed by atoms with E-state index in [2.05, 4.69) is 15.3 Å². The fraction of sp³-hybridized carbons (Fsp3) is 0.556. The molecule has 90 valence electrons. The molecule has 1 unspecified atom stereocenters. The van der Waals surface area contributed by atoms with Gasteiger partial charge in [0.15, 0.2) is 9.84 Å². The summed E-state index contributed by atoms with van der Waals surface area (Å²) in [4.78, 5) is 17.8. The first-order valence-electron chi connectivity index (χ1n) is 4.78. The smallest absolute Gasteiger partial charge is 0.251 e. The van der Waals surface area contributed by atoms with Crippen LogP contribution in [0.1, 0.15) is 23.7 Å². The van der Waals surface area contributed by atoms with Crippen LogP contribution in [0.2, 0.25) is 0 Å². The van der Waals surface area contributed by atoms with E-state index in [1.54, 1.807) is 7.05 Å². The predicted octanol–water partition coefficient (Wildman–Crippen LogP) is -0.405. The van der Waals surface area contributed by atoms with E-state index in [9.17, 15) is 13.2 Å². The van der Waals surface area contributed by atoms with Crippen LogP contribution in [0.5, 0.6) is 0 Å².